The van der Waals surface area contributed by atoms with Crippen molar-refractivity contribution in [2.24, 2.45) is 5.92 Å². The molecule has 2 N–H and O–H groups in total. The summed E-state index contributed by atoms with van der Waals surface area (Å²) in [7, 11) is -3.44. The molecule has 2 heterocycles. The molecule has 3 rings (SSSR count). The molecule has 0 saturated heterocycles. The lowest BCUT2D eigenvalue weighted by molar-refractivity contribution is 0.579. The molecule has 1 fully saturated rings. The molecule has 2 aromatic rings. The van der Waals surface area contributed by atoms with E-state index >= 15 is 0 Å². The zero-order chi connectivity index (χ0) is 14.2. The van der Waals surface area contributed by atoms with E-state index in [4.69, 9.17) is 0 Å². The lowest BCUT2D eigenvalue weighted by atomic mass is 10.2. The summed E-state index contributed by atoms with van der Waals surface area (Å²) in [4.78, 5) is 11.0. The van der Waals surface area contributed by atoms with E-state index in [0.29, 0.717) is 23.7 Å². The van der Waals surface area contributed by atoms with Crippen molar-refractivity contribution in [2.75, 3.05) is 6.54 Å². The van der Waals surface area contributed by atoms with Gasteiger partial charge in [0.05, 0.1) is 5.69 Å². The minimum absolute atomic E-state index is 0.265. The van der Waals surface area contributed by atoms with Crippen LogP contribution < -0.4 is 10.3 Å². The first-order chi connectivity index (χ1) is 9.54. The Kier molecular flexibility index (Phi) is 3.45. The van der Waals surface area contributed by atoms with Crippen molar-refractivity contribution < 1.29 is 8.42 Å². The molecule has 1 saturated carbocycles. The quantitative estimate of drug-likeness (QED) is 0.867. The van der Waals surface area contributed by atoms with E-state index in [1.807, 2.05) is 0 Å². The van der Waals surface area contributed by atoms with Gasteiger partial charge in [-0.05, 0) is 30.9 Å². The summed E-state index contributed by atoms with van der Waals surface area (Å²) < 4.78 is 27.0. The number of hydrogen-bond donors (Lipinski definition) is 2. The third-order valence-corrected chi connectivity index (χ3v) is 5.94. The van der Waals surface area contributed by atoms with Gasteiger partial charge in [0, 0.05) is 23.6 Å². The van der Waals surface area contributed by atoms with E-state index in [1.54, 1.807) is 17.5 Å². The lowest BCUT2D eigenvalue weighted by Crippen LogP contribution is -2.25. The number of thiophene rings is 1. The Morgan fingerprint density at radius 1 is 1.40 bits per heavy atom. The van der Waals surface area contributed by atoms with Gasteiger partial charge in [0.15, 0.2) is 0 Å². The van der Waals surface area contributed by atoms with Crippen molar-refractivity contribution in [3.05, 3.63) is 33.9 Å². The van der Waals surface area contributed by atoms with Crippen molar-refractivity contribution in [3.63, 3.8) is 0 Å². The maximum Gasteiger partial charge on any atom is 0.264 e. The van der Waals surface area contributed by atoms with E-state index in [0.717, 1.165) is 24.2 Å². The molecular formula is C12H13N3O3S2. The maximum absolute atomic E-state index is 12.1. The predicted octanol–water partition coefficient (Wildman–Crippen LogP) is 1.19. The topological polar surface area (TPSA) is 91.9 Å². The molecule has 0 aliphatic heterocycles. The summed E-state index contributed by atoms with van der Waals surface area (Å²) in [5, 5.41) is 7.93. The number of rotatable bonds is 5. The highest BCUT2D eigenvalue weighted by Crippen LogP contribution is 2.30. The minimum Gasteiger partial charge on any atom is -0.268 e. The van der Waals surface area contributed by atoms with Crippen molar-refractivity contribution in [1.29, 1.82) is 0 Å². The molecule has 2 aromatic heterocycles. The Bertz CT molecular complexity index is 755. The summed E-state index contributed by atoms with van der Waals surface area (Å²) in [5.74, 6) is 0.491. The Hall–Kier alpha value is -1.51. The molecule has 1 aliphatic carbocycles. The molecule has 0 bridgehead atoms. The smallest absolute Gasteiger partial charge is 0.264 e. The van der Waals surface area contributed by atoms with Gasteiger partial charge >= 0.3 is 0 Å². The number of H-pyrrole nitrogens is 1. The third-order valence-electron chi connectivity index (χ3n) is 3.07. The maximum atomic E-state index is 12.1. The first-order valence-corrected chi connectivity index (χ1v) is 8.55. The second-order valence-electron chi connectivity index (χ2n) is 4.76. The summed E-state index contributed by atoms with van der Waals surface area (Å²) in [6.07, 6.45) is 2.19. The van der Waals surface area contributed by atoms with Crippen LogP contribution in [0.15, 0.2) is 32.6 Å². The molecule has 0 unspecified atom stereocenters. The molecule has 106 valence electrons. The van der Waals surface area contributed by atoms with Crippen molar-refractivity contribution in [1.82, 2.24) is 14.9 Å². The van der Waals surface area contributed by atoms with E-state index in [1.165, 1.54) is 6.07 Å². The SMILES string of the molecule is O=c1ccc(-c2csc(S(=O)(=O)NCC3CC3)c2)n[nH]1. The fraction of sp³-hybridized carbons (Fsp3) is 0.333. The highest BCUT2D eigenvalue weighted by Gasteiger charge is 2.25. The normalized spacial score (nSPS) is 15.4. The number of aromatic nitrogens is 2. The predicted molar refractivity (Wildman–Crippen MR) is 76.1 cm³/mol. The van der Waals surface area contributed by atoms with Gasteiger partial charge < -0.3 is 0 Å². The average Bonchev–Trinajstić information content (AvgIpc) is 3.12. The molecule has 0 atom stereocenters. The summed E-state index contributed by atoms with van der Waals surface area (Å²) >= 11 is 1.15. The average molecular weight is 311 g/mol. The highest BCUT2D eigenvalue weighted by molar-refractivity contribution is 7.91. The highest BCUT2D eigenvalue weighted by atomic mass is 32.2. The van der Waals surface area contributed by atoms with Crippen LogP contribution in [0.25, 0.3) is 11.3 Å². The summed E-state index contributed by atoms with van der Waals surface area (Å²) in [5.41, 5.74) is 0.936. The van der Waals surface area contributed by atoms with Crippen LogP contribution in [0.3, 0.4) is 0 Å². The zero-order valence-corrected chi connectivity index (χ0v) is 12.1. The first-order valence-electron chi connectivity index (χ1n) is 6.19. The van der Waals surface area contributed by atoms with Crippen LogP contribution in [-0.2, 0) is 10.0 Å². The largest absolute Gasteiger partial charge is 0.268 e. The third kappa shape index (κ3) is 2.97. The van der Waals surface area contributed by atoms with Gasteiger partial charge in [-0.1, -0.05) is 0 Å². The van der Waals surface area contributed by atoms with Crippen LogP contribution in [-0.4, -0.2) is 25.2 Å². The molecule has 20 heavy (non-hydrogen) atoms. The summed E-state index contributed by atoms with van der Waals surface area (Å²) in [6.45, 7) is 0.506. The Morgan fingerprint density at radius 3 is 2.85 bits per heavy atom. The van der Waals surface area contributed by atoms with Crippen LogP contribution in [0.5, 0.6) is 0 Å². The molecule has 0 spiro atoms. The van der Waals surface area contributed by atoms with Crippen molar-refractivity contribution in [2.45, 2.75) is 17.1 Å². The monoisotopic (exact) mass is 311 g/mol. The van der Waals surface area contributed by atoms with Crippen LogP contribution in [0, 0.1) is 5.92 Å². The molecule has 0 aromatic carbocycles. The Labute approximate surface area is 119 Å². The van der Waals surface area contributed by atoms with Crippen molar-refractivity contribution >= 4 is 21.4 Å². The van der Waals surface area contributed by atoms with Gasteiger partial charge in [0.25, 0.3) is 5.56 Å². The van der Waals surface area contributed by atoms with Crippen LogP contribution >= 0.6 is 11.3 Å². The number of aromatic amines is 1. The first kappa shape index (κ1) is 13.5. The van der Waals surface area contributed by atoms with E-state index in [2.05, 4.69) is 14.9 Å². The number of nitrogens with zero attached hydrogens (tertiary/aromatic N) is 1. The number of nitrogens with one attached hydrogen (secondary N) is 2. The van der Waals surface area contributed by atoms with Gasteiger partial charge in [-0.25, -0.2) is 18.2 Å². The van der Waals surface area contributed by atoms with Gasteiger partial charge in [0.1, 0.15) is 4.21 Å². The minimum atomic E-state index is -3.44. The number of hydrogen-bond acceptors (Lipinski definition) is 5. The van der Waals surface area contributed by atoms with Gasteiger partial charge in [-0.2, -0.15) is 5.10 Å². The second-order valence-corrected chi connectivity index (χ2v) is 7.66. The van der Waals surface area contributed by atoms with Crippen LogP contribution in [0.4, 0.5) is 0 Å². The zero-order valence-electron chi connectivity index (χ0n) is 10.5. The van der Waals surface area contributed by atoms with Crippen molar-refractivity contribution in [3.8, 4) is 11.3 Å². The van der Waals surface area contributed by atoms with E-state index < -0.39 is 10.0 Å². The second kappa shape index (κ2) is 5.12. The van der Waals surface area contributed by atoms with E-state index in [9.17, 15) is 13.2 Å². The fourth-order valence-corrected chi connectivity index (χ4v) is 4.05. The van der Waals surface area contributed by atoms with Gasteiger partial charge in [-0.3, -0.25) is 4.79 Å². The fourth-order valence-electron chi connectivity index (χ4n) is 1.72. The van der Waals surface area contributed by atoms with E-state index in [-0.39, 0.29) is 9.77 Å². The van der Waals surface area contributed by atoms with Gasteiger partial charge in [0.2, 0.25) is 10.0 Å². The summed E-state index contributed by atoms with van der Waals surface area (Å²) in [6, 6.07) is 4.50. The van der Waals surface area contributed by atoms with Crippen LogP contribution in [0.2, 0.25) is 0 Å². The standard InChI is InChI=1S/C12H13N3O3S2/c16-11-4-3-10(14-15-11)9-5-12(19-7-9)20(17,18)13-6-8-1-2-8/h3-5,7-8,13H,1-2,6H2,(H,15,16). The number of sulfonamides is 1. The van der Waals surface area contributed by atoms with Gasteiger partial charge in [-0.15, -0.1) is 11.3 Å². The molecular weight excluding hydrogens is 298 g/mol. The molecule has 0 amide bonds. The van der Waals surface area contributed by atoms with Crippen LogP contribution in [0.1, 0.15) is 12.8 Å². The Morgan fingerprint density at radius 2 is 2.20 bits per heavy atom. The molecule has 6 nitrogen and oxygen atoms in total. The molecule has 1 aliphatic rings. The lowest BCUT2D eigenvalue weighted by Gasteiger charge is -2.02. The molecule has 8 heteroatoms. The Balaban J connectivity index is 1.81. The molecule has 0 radical (unpaired) electrons.